The monoisotopic (exact) mass is 432 g/mol. The van der Waals surface area contributed by atoms with E-state index in [0.717, 1.165) is 22.2 Å². The van der Waals surface area contributed by atoms with Crippen molar-refractivity contribution < 1.29 is 0 Å². The Morgan fingerprint density at radius 2 is 1.18 bits per heavy atom. The number of hydrogen-bond acceptors (Lipinski definition) is 2. The molecule has 0 aliphatic heterocycles. The van der Waals surface area contributed by atoms with Gasteiger partial charge in [0.25, 0.3) is 0 Å². The predicted molar refractivity (Wildman–Crippen MR) is 143 cm³/mol. The van der Waals surface area contributed by atoms with Gasteiger partial charge < -0.3 is 0 Å². The second kappa shape index (κ2) is 7.50. The van der Waals surface area contributed by atoms with Gasteiger partial charge in [-0.25, -0.2) is 4.98 Å². The Kier molecular flexibility index (Phi) is 4.18. The van der Waals surface area contributed by atoms with Crippen molar-refractivity contribution in [1.82, 2.24) is 9.97 Å². The van der Waals surface area contributed by atoms with E-state index in [0.29, 0.717) is 0 Å². The van der Waals surface area contributed by atoms with Gasteiger partial charge >= 0.3 is 0 Å². The van der Waals surface area contributed by atoms with E-state index < -0.39 is 0 Å². The largest absolute Gasteiger partial charge is 0.264 e. The first-order chi connectivity index (χ1) is 16.8. The molecule has 0 unspecified atom stereocenters. The Morgan fingerprint density at radius 3 is 2.12 bits per heavy atom. The first-order valence-corrected chi connectivity index (χ1v) is 11.5. The Hall–Kier alpha value is -4.56. The van der Waals surface area contributed by atoms with E-state index in [9.17, 15) is 0 Å². The average molecular weight is 433 g/mol. The lowest BCUT2D eigenvalue weighted by Crippen LogP contribution is -1.88. The quantitative estimate of drug-likeness (QED) is 0.256. The normalized spacial score (nSPS) is 11.5. The predicted octanol–water partition coefficient (Wildman–Crippen LogP) is 8.42. The Morgan fingerprint density at radius 1 is 0.441 bits per heavy atom. The number of fused-ring (bicyclic) bond motifs is 7. The van der Waals surface area contributed by atoms with Crippen molar-refractivity contribution in [2.75, 3.05) is 0 Å². The fourth-order valence-electron chi connectivity index (χ4n) is 5.06. The molecule has 0 saturated heterocycles. The van der Waals surface area contributed by atoms with E-state index >= 15 is 0 Å². The third kappa shape index (κ3) is 2.96. The number of pyridine rings is 2. The lowest BCUT2D eigenvalue weighted by atomic mass is 9.92. The second-order valence-electron chi connectivity index (χ2n) is 8.70. The van der Waals surface area contributed by atoms with E-state index in [-0.39, 0.29) is 0 Å². The van der Waals surface area contributed by atoms with Gasteiger partial charge in [-0.1, -0.05) is 78.9 Å². The number of aromatic nitrogens is 2. The maximum Gasteiger partial charge on any atom is 0.0709 e. The SMILES string of the molecule is c1cc(-c2ccc3c4cnccc4c4ccccc4c3c2)cc(-c2ccc3ccccc3n2)c1. The van der Waals surface area contributed by atoms with Crippen LogP contribution in [0.2, 0.25) is 0 Å². The summed E-state index contributed by atoms with van der Waals surface area (Å²) in [6.07, 6.45) is 3.86. The summed E-state index contributed by atoms with van der Waals surface area (Å²) in [7, 11) is 0. The molecule has 0 saturated carbocycles. The van der Waals surface area contributed by atoms with Crippen LogP contribution in [-0.4, -0.2) is 9.97 Å². The summed E-state index contributed by atoms with van der Waals surface area (Å²) in [5, 5.41) is 8.61. The molecule has 0 radical (unpaired) electrons. The van der Waals surface area contributed by atoms with Crippen molar-refractivity contribution in [3.63, 3.8) is 0 Å². The van der Waals surface area contributed by atoms with Crippen molar-refractivity contribution in [3.05, 3.63) is 122 Å². The molecule has 34 heavy (non-hydrogen) atoms. The zero-order chi connectivity index (χ0) is 22.5. The van der Waals surface area contributed by atoms with Crippen molar-refractivity contribution in [1.29, 1.82) is 0 Å². The van der Waals surface area contributed by atoms with Crippen LogP contribution in [-0.2, 0) is 0 Å². The van der Waals surface area contributed by atoms with Crippen molar-refractivity contribution >= 4 is 43.2 Å². The topological polar surface area (TPSA) is 25.8 Å². The molecule has 0 N–H and O–H groups in total. The number of para-hydroxylation sites is 1. The van der Waals surface area contributed by atoms with Gasteiger partial charge in [0.1, 0.15) is 0 Å². The molecule has 0 aliphatic carbocycles. The van der Waals surface area contributed by atoms with Gasteiger partial charge in [0.15, 0.2) is 0 Å². The van der Waals surface area contributed by atoms with E-state index in [1.165, 1.54) is 43.4 Å². The molecule has 5 aromatic carbocycles. The number of rotatable bonds is 2. The summed E-state index contributed by atoms with van der Waals surface area (Å²) in [5.41, 5.74) is 5.51. The van der Waals surface area contributed by atoms with Gasteiger partial charge in [0.05, 0.1) is 11.2 Å². The Bertz CT molecular complexity index is 1830. The number of hydrogen-bond donors (Lipinski definition) is 0. The zero-order valence-electron chi connectivity index (χ0n) is 18.4. The molecule has 2 heteroatoms. The molecule has 0 atom stereocenters. The molecule has 2 heterocycles. The van der Waals surface area contributed by atoms with Crippen LogP contribution in [0.15, 0.2) is 122 Å². The fraction of sp³-hybridized carbons (Fsp3) is 0. The minimum atomic E-state index is 0.990. The third-order valence-electron chi connectivity index (χ3n) is 6.73. The lowest BCUT2D eigenvalue weighted by Gasteiger charge is -2.12. The van der Waals surface area contributed by atoms with E-state index in [2.05, 4.69) is 102 Å². The smallest absolute Gasteiger partial charge is 0.0709 e. The number of nitrogens with zero attached hydrogens (tertiary/aromatic N) is 2. The van der Waals surface area contributed by atoms with Crippen LogP contribution >= 0.6 is 0 Å². The summed E-state index contributed by atoms with van der Waals surface area (Å²) in [4.78, 5) is 9.31. The van der Waals surface area contributed by atoms with Crippen LogP contribution in [0.25, 0.3) is 65.6 Å². The van der Waals surface area contributed by atoms with E-state index in [1.54, 1.807) is 0 Å². The van der Waals surface area contributed by atoms with Crippen LogP contribution in [0.5, 0.6) is 0 Å². The van der Waals surface area contributed by atoms with Crippen LogP contribution in [0.4, 0.5) is 0 Å². The summed E-state index contributed by atoms with van der Waals surface area (Å²) in [5.74, 6) is 0. The second-order valence-corrected chi connectivity index (χ2v) is 8.70. The summed E-state index contributed by atoms with van der Waals surface area (Å²) >= 11 is 0. The minimum absolute atomic E-state index is 0.990. The first-order valence-electron chi connectivity index (χ1n) is 11.5. The van der Waals surface area contributed by atoms with Gasteiger partial charge in [-0.2, -0.15) is 0 Å². The molecule has 7 aromatic rings. The molecule has 0 fully saturated rings. The van der Waals surface area contributed by atoms with Crippen molar-refractivity contribution in [3.8, 4) is 22.4 Å². The Labute approximate surface area is 197 Å². The van der Waals surface area contributed by atoms with Crippen LogP contribution in [0, 0.1) is 0 Å². The van der Waals surface area contributed by atoms with Gasteiger partial charge in [-0.15, -0.1) is 0 Å². The molecule has 158 valence electrons. The van der Waals surface area contributed by atoms with Crippen LogP contribution in [0.3, 0.4) is 0 Å². The number of benzene rings is 5. The average Bonchev–Trinajstić information content (AvgIpc) is 2.93. The zero-order valence-corrected chi connectivity index (χ0v) is 18.4. The van der Waals surface area contributed by atoms with Gasteiger partial charge in [-0.3, -0.25) is 4.98 Å². The fourth-order valence-corrected chi connectivity index (χ4v) is 5.06. The highest BCUT2D eigenvalue weighted by Crippen LogP contribution is 2.37. The maximum atomic E-state index is 4.90. The molecule has 0 amide bonds. The molecular weight excluding hydrogens is 412 g/mol. The molecule has 2 nitrogen and oxygen atoms in total. The maximum absolute atomic E-state index is 4.90. The van der Waals surface area contributed by atoms with Crippen molar-refractivity contribution in [2.24, 2.45) is 0 Å². The molecule has 7 rings (SSSR count). The minimum Gasteiger partial charge on any atom is -0.264 e. The Balaban J connectivity index is 1.42. The molecule has 0 spiro atoms. The summed E-state index contributed by atoms with van der Waals surface area (Å²) in [6.45, 7) is 0. The van der Waals surface area contributed by atoms with Gasteiger partial charge in [-0.05, 0) is 68.4 Å². The highest BCUT2D eigenvalue weighted by atomic mass is 14.7. The molecule has 0 bridgehead atoms. The first kappa shape index (κ1) is 19.0. The van der Waals surface area contributed by atoms with Crippen molar-refractivity contribution in [2.45, 2.75) is 0 Å². The summed E-state index contributed by atoms with van der Waals surface area (Å²) in [6, 6.07) is 38.7. The highest BCUT2D eigenvalue weighted by molar-refractivity contribution is 6.25. The van der Waals surface area contributed by atoms with Crippen LogP contribution in [0.1, 0.15) is 0 Å². The standard InChI is InChI=1S/C32H20N2/c1-4-11-31-21(6-1)13-15-32(34-31)24-8-5-7-22(18-24)23-12-14-27-29(19-23)26-10-3-2-9-25(26)28-16-17-33-20-30(27)28/h1-20H. The van der Waals surface area contributed by atoms with Gasteiger partial charge in [0, 0.05) is 28.7 Å². The molecular formula is C32H20N2. The van der Waals surface area contributed by atoms with E-state index in [1.807, 2.05) is 24.5 Å². The third-order valence-corrected chi connectivity index (χ3v) is 6.73. The molecule has 0 aliphatic rings. The van der Waals surface area contributed by atoms with Gasteiger partial charge in [0.2, 0.25) is 0 Å². The summed E-state index contributed by atoms with van der Waals surface area (Å²) < 4.78 is 0. The van der Waals surface area contributed by atoms with E-state index in [4.69, 9.17) is 4.98 Å². The lowest BCUT2D eigenvalue weighted by molar-refractivity contribution is 1.37. The molecule has 2 aromatic heterocycles. The van der Waals surface area contributed by atoms with Crippen LogP contribution < -0.4 is 0 Å². The highest BCUT2D eigenvalue weighted by Gasteiger charge is 2.10.